The second-order valence-corrected chi connectivity index (χ2v) is 3.08. The average Bonchev–Trinajstić information content (AvgIpc) is 2.35. The van der Waals surface area contributed by atoms with Crippen LogP contribution in [0.2, 0.25) is 0 Å². The monoisotopic (exact) mass is 252 g/mol. The van der Waals surface area contributed by atoms with Gasteiger partial charge in [-0.15, -0.1) is 0 Å². The van der Waals surface area contributed by atoms with Crippen LogP contribution >= 0.6 is 0 Å². The molecule has 0 rings (SSSR count). The maximum Gasteiger partial charge on any atom is 0.146 e. The highest BCUT2D eigenvalue weighted by molar-refractivity contribution is 4.31. The maximum absolute atomic E-state index is 8.43. The molecule has 0 radical (unpaired) electrons. The second kappa shape index (κ2) is 15.8. The summed E-state index contributed by atoms with van der Waals surface area (Å²) in [4.78, 5) is 0. The predicted octanol–water partition coefficient (Wildman–Crippen LogP) is 0.0391. The fourth-order valence-corrected chi connectivity index (χ4v) is 0.943. The molecular weight excluding hydrogens is 228 g/mol. The van der Waals surface area contributed by atoms with Crippen molar-refractivity contribution in [2.45, 2.75) is 6.92 Å². The first-order valence-corrected chi connectivity index (χ1v) is 5.91. The van der Waals surface area contributed by atoms with Gasteiger partial charge in [-0.3, -0.25) is 0 Å². The van der Waals surface area contributed by atoms with Gasteiger partial charge >= 0.3 is 0 Å². The van der Waals surface area contributed by atoms with Crippen LogP contribution in [0, 0.1) is 0 Å². The maximum atomic E-state index is 8.43. The highest BCUT2D eigenvalue weighted by Gasteiger charge is 1.91. The lowest BCUT2D eigenvalue weighted by Crippen LogP contribution is -2.12. The molecule has 0 aliphatic carbocycles. The minimum atomic E-state index is 0.0373. The van der Waals surface area contributed by atoms with Crippen LogP contribution in [0.25, 0.3) is 0 Å². The number of hydrogen-bond donors (Lipinski definition) is 1. The molecule has 1 N–H and O–H groups in total. The Morgan fingerprint density at radius 3 is 1.65 bits per heavy atom. The Labute approximate surface area is 103 Å². The van der Waals surface area contributed by atoms with E-state index >= 15 is 0 Å². The van der Waals surface area contributed by atoms with E-state index in [-0.39, 0.29) is 13.4 Å². The van der Waals surface area contributed by atoms with Gasteiger partial charge in [0.15, 0.2) is 0 Å². The lowest BCUT2D eigenvalue weighted by atomic mass is 10.7. The van der Waals surface area contributed by atoms with Crippen molar-refractivity contribution in [2.24, 2.45) is 0 Å². The Balaban J connectivity index is 2.85. The molecule has 0 unspecified atom stereocenters. The topological polar surface area (TPSA) is 66.4 Å². The molecule has 0 heterocycles. The van der Waals surface area contributed by atoms with Gasteiger partial charge in [-0.1, -0.05) is 0 Å². The van der Waals surface area contributed by atoms with Crippen molar-refractivity contribution in [2.75, 3.05) is 66.3 Å². The zero-order valence-electron chi connectivity index (χ0n) is 10.6. The van der Waals surface area contributed by atoms with Crippen LogP contribution < -0.4 is 0 Å². The summed E-state index contributed by atoms with van der Waals surface area (Å²) in [6.07, 6.45) is 0. The van der Waals surface area contributed by atoms with E-state index in [1.54, 1.807) is 0 Å². The van der Waals surface area contributed by atoms with Crippen molar-refractivity contribution in [3.8, 4) is 0 Å². The number of hydrogen-bond acceptors (Lipinski definition) is 6. The summed E-state index contributed by atoms with van der Waals surface area (Å²) in [5, 5.41) is 8.43. The van der Waals surface area contributed by atoms with Crippen molar-refractivity contribution >= 4 is 0 Å². The zero-order chi connectivity index (χ0) is 12.6. The molecule has 0 aliphatic heterocycles. The van der Waals surface area contributed by atoms with Crippen LogP contribution in [-0.2, 0) is 23.7 Å². The Bertz CT molecular complexity index is 119. The fourth-order valence-electron chi connectivity index (χ4n) is 0.943. The van der Waals surface area contributed by atoms with Gasteiger partial charge in [0.1, 0.15) is 6.79 Å². The van der Waals surface area contributed by atoms with E-state index in [1.165, 1.54) is 0 Å². The molecule has 0 saturated carbocycles. The van der Waals surface area contributed by atoms with Crippen molar-refractivity contribution in [3.05, 3.63) is 0 Å². The normalized spacial score (nSPS) is 10.9. The number of aliphatic hydroxyl groups is 1. The Hall–Kier alpha value is -0.240. The Morgan fingerprint density at radius 1 is 0.647 bits per heavy atom. The average molecular weight is 252 g/mol. The van der Waals surface area contributed by atoms with E-state index in [9.17, 15) is 0 Å². The summed E-state index contributed by atoms with van der Waals surface area (Å²) in [6.45, 7) is 6.46. The first-order valence-electron chi connectivity index (χ1n) is 5.91. The molecule has 0 spiro atoms. The quantitative estimate of drug-likeness (QED) is 0.348. The smallest absolute Gasteiger partial charge is 0.146 e. The van der Waals surface area contributed by atoms with Crippen LogP contribution in [0.5, 0.6) is 0 Å². The third-order valence-corrected chi connectivity index (χ3v) is 1.72. The molecule has 6 heteroatoms. The molecule has 0 aromatic carbocycles. The third-order valence-electron chi connectivity index (χ3n) is 1.72. The molecule has 0 bridgehead atoms. The van der Waals surface area contributed by atoms with E-state index in [4.69, 9.17) is 28.8 Å². The SMILES string of the molecule is CCOCCOCCOCOCCOCCO. The minimum Gasteiger partial charge on any atom is -0.394 e. The number of aliphatic hydroxyl groups excluding tert-OH is 1. The van der Waals surface area contributed by atoms with Gasteiger partial charge in [-0.2, -0.15) is 0 Å². The largest absolute Gasteiger partial charge is 0.394 e. The molecular formula is C11H24O6. The summed E-state index contributed by atoms with van der Waals surface area (Å²) in [7, 11) is 0. The molecule has 0 amide bonds. The van der Waals surface area contributed by atoms with Gasteiger partial charge in [0.25, 0.3) is 0 Å². The molecule has 0 fully saturated rings. The lowest BCUT2D eigenvalue weighted by molar-refractivity contribution is -0.0844. The van der Waals surface area contributed by atoms with Crippen LogP contribution in [0.3, 0.4) is 0 Å². The van der Waals surface area contributed by atoms with Gasteiger partial charge < -0.3 is 28.8 Å². The van der Waals surface area contributed by atoms with E-state index in [1.807, 2.05) is 6.92 Å². The van der Waals surface area contributed by atoms with E-state index in [0.29, 0.717) is 52.9 Å². The predicted molar refractivity (Wildman–Crippen MR) is 62.0 cm³/mol. The van der Waals surface area contributed by atoms with Crippen molar-refractivity contribution < 1.29 is 28.8 Å². The molecule has 0 atom stereocenters. The van der Waals surface area contributed by atoms with Crippen molar-refractivity contribution in [1.82, 2.24) is 0 Å². The number of rotatable bonds is 14. The van der Waals surface area contributed by atoms with Gasteiger partial charge in [0, 0.05) is 6.61 Å². The Morgan fingerprint density at radius 2 is 1.12 bits per heavy atom. The summed E-state index contributed by atoms with van der Waals surface area (Å²) >= 11 is 0. The van der Waals surface area contributed by atoms with Gasteiger partial charge in [0.2, 0.25) is 0 Å². The summed E-state index contributed by atoms with van der Waals surface area (Å²) < 4.78 is 25.6. The molecule has 0 aromatic rings. The van der Waals surface area contributed by atoms with Crippen LogP contribution in [0.1, 0.15) is 6.92 Å². The summed E-state index contributed by atoms with van der Waals surface area (Å²) in [6, 6.07) is 0. The molecule has 17 heavy (non-hydrogen) atoms. The summed E-state index contributed by atoms with van der Waals surface area (Å²) in [5.74, 6) is 0. The first-order chi connectivity index (χ1) is 8.41. The van der Waals surface area contributed by atoms with Gasteiger partial charge in [-0.25, -0.2) is 0 Å². The zero-order valence-corrected chi connectivity index (χ0v) is 10.6. The van der Waals surface area contributed by atoms with Crippen LogP contribution in [-0.4, -0.2) is 71.4 Å². The highest BCUT2D eigenvalue weighted by atomic mass is 16.7. The second-order valence-electron chi connectivity index (χ2n) is 3.08. The minimum absolute atomic E-state index is 0.0373. The van der Waals surface area contributed by atoms with E-state index in [0.717, 1.165) is 0 Å². The molecule has 0 saturated heterocycles. The number of ether oxygens (including phenoxy) is 5. The summed E-state index contributed by atoms with van der Waals surface area (Å²) in [5.41, 5.74) is 0. The van der Waals surface area contributed by atoms with E-state index in [2.05, 4.69) is 0 Å². The Kier molecular flexibility index (Phi) is 15.5. The van der Waals surface area contributed by atoms with Crippen LogP contribution in [0.15, 0.2) is 0 Å². The van der Waals surface area contributed by atoms with E-state index < -0.39 is 0 Å². The van der Waals surface area contributed by atoms with Gasteiger partial charge in [-0.05, 0) is 6.92 Å². The molecule has 0 aliphatic rings. The van der Waals surface area contributed by atoms with Crippen molar-refractivity contribution in [3.63, 3.8) is 0 Å². The highest BCUT2D eigenvalue weighted by Crippen LogP contribution is 1.83. The third kappa shape index (κ3) is 15.8. The lowest BCUT2D eigenvalue weighted by Gasteiger charge is -2.07. The first kappa shape index (κ1) is 16.8. The standard InChI is InChI=1S/C11H24O6/c1-2-13-5-6-15-8-10-17-11-16-9-7-14-4-3-12/h12H,2-11H2,1H3. The van der Waals surface area contributed by atoms with Crippen molar-refractivity contribution in [1.29, 1.82) is 0 Å². The molecule has 6 nitrogen and oxygen atoms in total. The molecule has 104 valence electrons. The van der Waals surface area contributed by atoms with Crippen LogP contribution in [0.4, 0.5) is 0 Å². The fraction of sp³-hybridized carbons (Fsp3) is 1.00. The molecule has 0 aromatic heterocycles. The van der Waals surface area contributed by atoms with Gasteiger partial charge in [0.05, 0.1) is 52.9 Å².